The number of benzene rings is 1. The number of nitrogens with two attached hydrogens (primary N) is 1. The molecule has 1 aromatic carbocycles. The van der Waals surface area contributed by atoms with Crippen LogP contribution in [-0.2, 0) is 11.3 Å². The Balaban J connectivity index is 2.12. The summed E-state index contributed by atoms with van der Waals surface area (Å²) >= 11 is 1.79. The smallest absolute Gasteiger partial charge is 0.100 e. The van der Waals surface area contributed by atoms with Crippen LogP contribution in [0.3, 0.4) is 0 Å². The molecule has 0 atom stereocenters. The Morgan fingerprint density at radius 3 is 2.82 bits per heavy atom. The van der Waals surface area contributed by atoms with E-state index in [2.05, 4.69) is 6.07 Å². The minimum Gasteiger partial charge on any atom is -0.381 e. The van der Waals surface area contributed by atoms with Crippen molar-refractivity contribution in [1.29, 1.82) is 5.26 Å². The van der Waals surface area contributed by atoms with Gasteiger partial charge in [-0.05, 0) is 30.5 Å². The number of rotatable bonds is 3. The first-order valence-corrected chi connectivity index (χ1v) is 6.69. The highest BCUT2D eigenvalue weighted by molar-refractivity contribution is 8.00. The molecular weight excluding hydrogens is 232 g/mol. The highest BCUT2D eigenvalue weighted by atomic mass is 32.2. The summed E-state index contributed by atoms with van der Waals surface area (Å²) in [6, 6.07) is 8.16. The van der Waals surface area contributed by atoms with Gasteiger partial charge in [0, 0.05) is 29.9 Å². The van der Waals surface area contributed by atoms with Crippen molar-refractivity contribution in [3.05, 3.63) is 29.3 Å². The molecule has 0 radical (unpaired) electrons. The van der Waals surface area contributed by atoms with Gasteiger partial charge in [-0.1, -0.05) is 6.07 Å². The lowest BCUT2D eigenvalue weighted by molar-refractivity contribution is 0.100. The van der Waals surface area contributed by atoms with E-state index in [-0.39, 0.29) is 0 Å². The topological polar surface area (TPSA) is 59.0 Å². The molecule has 4 heteroatoms. The van der Waals surface area contributed by atoms with Gasteiger partial charge in [0.05, 0.1) is 5.56 Å². The van der Waals surface area contributed by atoms with Crippen LogP contribution in [-0.4, -0.2) is 18.5 Å². The summed E-state index contributed by atoms with van der Waals surface area (Å²) in [7, 11) is 0. The maximum absolute atomic E-state index is 9.14. The van der Waals surface area contributed by atoms with E-state index in [1.54, 1.807) is 11.8 Å². The van der Waals surface area contributed by atoms with Gasteiger partial charge in [-0.15, -0.1) is 11.8 Å². The Hall–Kier alpha value is -1.02. The van der Waals surface area contributed by atoms with Crippen LogP contribution in [0.4, 0.5) is 0 Å². The van der Waals surface area contributed by atoms with Crippen molar-refractivity contribution in [3.8, 4) is 6.07 Å². The van der Waals surface area contributed by atoms with Crippen molar-refractivity contribution in [2.24, 2.45) is 5.73 Å². The molecule has 1 aromatic rings. The van der Waals surface area contributed by atoms with Crippen molar-refractivity contribution < 1.29 is 4.74 Å². The Labute approximate surface area is 106 Å². The van der Waals surface area contributed by atoms with Crippen LogP contribution in [0.1, 0.15) is 24.0 Å². The molecule has 1 saturated heterocycles. The standard InChI is InChI=1S/C13H16N2OS/c14-8-10-1-2-13(11(7-10)9-15)17-12-3-5-16-6-4-12/h1-2,7,12H,3-6,8,14H2. The largest absolute Gasteiger partial charge is 0.381 e. The third kappa shape index (κ3) is 3.22. The summed E-state index contributed by atoms with van der Waals surface area (Å²) in [6.07, 6.45) is 2.13. The molecular formula is C13H16N2OS. The number of nitrogens with zero attached hydrogens (tertiary/aromatic N) is 1. The van der Waals surface area contributed by atoms with Gasteiger partial charge >= 0.3 is 0 Å². The van der Waals surface area contributed by atoms with Gasteiger partial charge in [0.15, 0.2) is 0 Å². The second kappa shape index (κ2) is 6.06. The lowest BCUT2D eigenvalue weighted by Crippen LogP contribution is -2.17. The van der Waals surface area contributed by atoms with Gasteiger partial charge in [0.2, 0.25) is 0 Å². The van der Waals surface area contributed by atoms with Gasteiger partial charge in [-0.25, -0.2) is 0 Å². The van der Waals surface area contributed by atoms with E-state index in [1.807, 2.05) is 18.2 Å². The fourth-order valence-electron chi connectivity index (χ4n) is 1.87. The zero-order valence-corrected chi connectivity index (χ0v) is 10.5. The lowest BCUT2D eigenvalue weighted by Gasteiger charge is -2.21. The summed E-state index contributed by atoms with van der Waals surface area (Å²) in [4.78, 5) is 1.07. The quantitative estimate of drug-likeness (QED) is 0.891. The number of hydrogen-bond donors (Lipinski definition) is 1. The maximum Gasteiger partial charge on any atom is 0.100 e. The second-order valence-corrected chi connectivity index (χ2v) is 5.42. The monoisotopic (exact) mass is 248 g/mol. The Bertz CT molecular complexity index is 422. The molecule has 0 bridgehead atoms. The Morgan fingerprint density at radius 1 is 1.41 bits per heavy atom. The third-order valence-corrected chi connectivity index (χ3v) is 4.28. The normalized spacial score (nSPS) is 16.7. The first-order chi connectivity index (χ1) is 8.33. The van der Waals surface area contributed by atoms with Gasteiger partial charge in [-0.3, -0.25) is 0 Å². The van der Waals surface area contributed by atoms with Crippen LogP contribution in [0.5, 0.6) is 0 Å². The molecule has 0 amide bonds. The minimum absolute atomic E-state index is 0.483. The Morgan fingerprint density at radius 2 is 2.18 bits per heavy atom. The first kappa shape index (κ1) is 12.4. The first-order valence-electron chi connectivity index (χ1n) is 5.81. The van der Waals surface area contributed by atoms with E-state index in [0.29, 0.717) is 11.8 Å². The fraction of sp³-hybridized carbons (Fsp3) is 0.462. The summed E-state index contributed by atoms with van der Waals surface area (Å²) < 4.78 is 5.34. The van der Waals surface area contributed by atoms with Crippen molar-refractivity contribution in [2.45, 2.75) is 29.5 Å². The van der Waals surface area contributed by atoms with Gasteiger partial charge in [-0.2, -0.15) is 5.26 Å². The third-order valence-electron chi connectivity index (χ3n) is 2.86. The second-order valence-electron chi connectivity index (χ2n) is 4.08. The molecule has 0 aliphatic carbocycles. The van der Waals surface area contributed by atoms with Crippen LogP contribution >= 0.6 is 11.8 Å². The average molecular weight is 248 g/mol. The summed E-state index contributed by atoms with van der Waals surface area (Å²) in [5.74, 6) is 0. The molecule has 17 heavy (non-hydrogen) atoms. The number of ether oxygens (including phenoxy) is 1. The molecule has 1 heterocycles. The van der Waals surface area contributed by atoms with Gasteiger partial charge in [0.25, 0.3) is 0 Å². The molecule has 1 aliphatic heterocycles. The summed E-state index contributed by atoms with van der Waals surface area (Å²) in [5, 5.41) is 9.71. The van der Waals surface area contributed by atoms with Crippen molar-refractivity contribution in [1.82, 2.24) is 0 Å². The molecule has 3 nitrogen and oxygen atoms in total. The van der Waals surface area contributed by atoms with Crippen LogP contribution in [0.2, 0.25) is 0 Å². The van der Waals surface area contributed by atoms with E-state index in [1.165, 1.54) is 0 Å². The average Bonchev–Trinajstić information content (AvgIpc) is 2.40. The zero-order valence-electron chi connectivity index (χ0n) is 9.69. The molecule has 1 aliphatic rings. The van der Waals surface area contributed by atoms with Crippen molar-refractivity contribution in [3.63, 3.8) is 0 Å². The van der Waals surface area contributed by atoms with E-state index >= 15 is 0 Å². The van der Waals surface area contributed by atoms with E-state index in [4.69, 9.17) is 15.7 Å². The van der Waals surface area contributed by atoms with E-state index in [0.717, 1.165) is 42.1 Å². The van der Waals surface area contributed by atoms with Crippen LogP contribution in [0.15, 0.2) is 23.1 Å². The SMILES string of the molecule is N#Cc1cc(CN)ccc1SC1CCOCC1. The Kier molecular flexibility index (Phi) is 4.43. The van der Waals surface area contributed by atoms with Crippen LogP contribution in [0, 0.1) is 11.3 Å². The lowest BCUT2D eigenvalue weighted by atomic mass is 10.1. The predicted octanol–water partition coefficient (Wildman–Crippen LogP) is 2.29. The van der Waals surface area contributed by atoms with Crippen LogP contribution in [0.25, 0.3) is 0 Å². The van der Waals surface area contributed by atoms with Crippen molar-refractivity contribution >= 4 is 11.8 Å². The molecule has 1 fully saturated rings. The fourth-order valence-corrected chi connectivity index (χ4v) is 3.03. The molecule has 90 valence electrons. The molecule has 0 unspecified atom stereocenters. The highest BCUT2D eigenvalue weighted by Gasteiger charge is 2.16. The van der Waals surface area contributed by atoms with Gasteiger partial charge < -0.3 is 10.5 Å². The molecule has 0 saturated carbocycles. The number of nitriles is 1. The number of thioether (sulfide) groups is 1. The van der Waals surface area contributed by atoms with E-state index in [9.17, 15) is 0 Å². The number of hydrogen-bond acceptors (Lipinski definition) is 4. The molecule has 2 rings (SSSR count). The molecule has 2 N–H and O–H groups in total. The summed E-state index contributed by atoms with van der Waals surface area (Å²) in [6.45, 7) is 2.15. The summed E-state index contributed by atoms with van der Waals surface area (Å²) in [5.41, 5.74) is 7.33. The zero-order chi connectivity index (χ0) is 12.1. The predicted molar refractivity (Wildman–Crippen MR) is 68.7 cm³/mol. The maximum atomic E-state index is 9.14. The van der Waals surface area contributed by atoms with Crippen LogP contribution < -0.4 is 5.73 Å². The molecule has 0 spiro atoms. The van der Waals surface area contributed by atoms with Gasteiger partial charge in [0.1, 0.15) is 6.07 Å². The van der Waals surface area contributed by atoms with E-state index < -0.39 is 0 Å². The minimum atomic E-state index is 0.483. The highest BCUT2D eigenvalue weighted by Crippen LogP contribution is 2.32. The van der Waals surface area contributed by atoms with Crippen molar-refractivity contribution in [2.75, 3.05) is 13.2 Å². The molecule has 0 aromatic heterocycles.